The van der Waals surface area contributed by atoms with Crippen LogP contribution in [0.1, 0.15) is 37.3 Å². The first kappa shape index (κ1) is 14.6. The molecule has 6 nitrogen and oxygen atoms in total. The van der Waals surface area contributed by atoms with Gasteiger partial charge in [-0.2, -0.15) is 5.10 Å². The average molecular weight is 300 g/mol. The van der Waals surface area contributed by atoms with Crippen LogP contribution < -0.4 is 10.1 Å². The van der Waals surface area contributed by atoms with Crippen molar-refractivity contribution in [2.75, 3.05) is 0 Å². The highest BCUT2D eigenvalue weighted by Crippen LogP contribution is 2.17. The van der Waals surface area contributed by atoms with Crippen molar-refractivity contribution in [3.05, 3.63) is 42.0 Å². The molecule has 0 aliphatic heterocycles. The van der Waals surface area contributed by atoms with Gasteiger partial charge in [-0.3, -0.25) is 9.89 Å². The Labute approximate surface area is 129 Å². The molecule has 2 aromatic rings. The summed E-state index contributed by atoms with van der Waals surface area (Å²) in [6, 6.07) is 9.84. The lowest BCUT2D eigenvalue weighted by molar-refractivity contribution is -0.121. The lowest BCUT2D eigenvalue weighted by Crippen LogP contribution is -2.33. The normalized spacial score (nSPS) is 14.9. The molecule has 1 aliphatic rings. The van der Waals surface area contributed by atoms with Crippen LogP contribution in [0.3, 0.4) is 0 Å². The number of nitrogens with one attached hydrogen (secondary N) is 2. The van der Waals surface area contributed by atoms with Crippen molar-refractivity contribution in [1.82, 2.24) is 20.5 Å². The topological polar surface area (TPSA) is 79.9 Å². The van der Waals surface area contributed by atoms with Gasteiger partial charge in [0.25, 0.3) is 0 Å². The molecule has 2 N–H and O–H groups in total. The molecule has 0 spiro atoms. The predicted octanol–water partition coefficient (Wildman–Crippen LogP) is 1.98. The van der Waals surface area contributed by atoms with Gasteiger partial charge in [-0.25, -0.2) is 4.98 Å². The first-order valence-corrected chi connectivity index (χ1v) is 7.67. The van der Waals surface area contributed by atoms with Gasteiger partial charge >= 0.3 is 0 Å². The number of H-pyrrole nitrogens is 1. The number of para-hydroxylation sites is 1. The maximum absolute atomic E-state index is 11.9. The maximum atomic E-state index is 11.9. The number of rotatable bonds is 6. The number of carbonyl (C=O) groups excluding carboxylic acids is 1. The van der Waals surface area contributed by atoms with Gasteiger partial charge < -0.3 is 10.1 Å². The molecule has 1 heterocycles. The Morgan fingerprint density at radius 1 is 1.27 bits per heavy atom. The average Bonchev–Trinajstić information content (AvgIpc) is 3.18. The fourth-order valence-electron chi connectivity index (χ4n) is 2.64. The van der Waals surface area contributed by atoms with E-state index in [4.69, 9.17) is 4.74 Å². The highest BCUT2D eigenvalue weighted by molar-refractivity contribution is 5.78. The van der Waals surface area contributed by atoms with E-state index < -0.39 is 0 Å². The summed E-state index contributed by atoms with van der Waals surface area (Å²) in [4.78, 5) is 16.2. The van der Waals surface area contributed by atoms with Crippen LogP contribution in [-0.2, 0) is 17.8 Å². The largest absolute Gasteiger partial charge is 0.486 e. The van der Waals surface area contributed by atoms with Crippen LogP contribution in [0.15, 0.2) is 30.3 Å². The summed E-state index contributed by atoms with van der Waals surface area (Å²) in [5, 5.41) is 9.91. The quantitative estimate of drug-likeness (QED) is 0.855. The van der Waals surface area contributed by atoms with Crippen molar-refractivity contribution in [2.24, 2.45) is 0 Å². The molecule has 1 saturated carbocycles. The first-order chi connectivity index (χ1) is 10.8. The number of aromatic nitrogens is 3. The van der Waals surface area contributed by atoms with Crippen molar-refractivity contribution in [1.29, 1.82) is 0 Å². The monoisotopic (exact) mass is 300 g/mol. The van der Waals surface area contributed by atoms with E-state index in [0.717, 1.165) is 18.6 Å². The van der Waals surface area contributed by atoms with Gasteiger partial charge in [-0.1, -0.05) is 31.0 Å². The third-order valence-electron chi connectivity index (χ3n) is 3.74. The third kappa shape index (κ3) is 4.07. The summed E-state index contributed by atoms with van der Waals surface area (Å²) in [6.07, 6.45) is 4.77. The van der Waals surface area contributed by atoms with Gasteiger partial charge in [0, 0.05) is 6.04 Å². The summed E-state index contributed by atoms with van der Waals surface area (Å²) in [7, 11) is 0. The molecule has 0 bridgehead atoms. The fraction of sp³-hybridized carbons (Fsp3) is 0.438. The number of nitrogens with zero attached hydrogens (tertiary/aromatic N) is 2. The molecule has 0 saturated heterocycles. The molecule has 1 aromatic heterocycles. The number of ether oxygens (including phenoxy) is 1. The van der Waals surface area contributed by atoms with Crippen LogP contribution in [-0.4, -0.2) is 27.1 Å². The van der Waals surface area contributed by atoms with Gasteiger partial charge in [0.15, 0.2) is 11.6 Å². The van der Waals surface area contributed by atoms with Crippen LogP contribution >= 0.6 is 0 Å². The predicted molar refractivity (Wildman–Crippen MR) is 81.3 cm³/mol. The molecule has 1 fully saturated rings. The van der Waals surface area contributed by atoms with Crippen molar-refractivity contribution in [2.45, 2.75) is 44.8 Å². The van der Waals surface area contributed by atoms with Crippen LogP contribution in [0.5, 0.6) is 5.75 Å². The number of carbonyl (C=O) groups is 1. The lowest BCUT2D eigenvalue weighted by atomic mass is 10.2. The first-order valence-electron chi connectivity index (χ1n) is 7.67. The summed E-state index contributed by atoms with van der Waals surface area (Å²) in [5.41, 5.74) is 0. The maximum Gasteiger partial charge on any atom is 0.227 e. The van der Waals surface area contributed by atoms with E-state index in [0.29, 0.717) is 24.3 Å². The van der Waals surface area contributed by atoms with Gasteiger partial charge in [0.2, 0.25) is 5.91 Å². The zero-order valence-corrected chi connectivity index (χ0v) is 12.4. The van der Waals surface area contributed by atoms with Gasteiger partial charge in [0.05, 0.1) is 6.42 Å². The molecular weight excluding hydrogens is 280 g/mol. The van der Waals surface area contributed by atoms with Crippen LogP contribution in [0, 0.1) is 0 Å². The summed E-state index contributed by atoms with van der Waals surface area (Å²) >= 11 is 0. The Balaban J connectivity index is 1.47. The summed E-state index contributed by atoms with van der Waals surface area (Å²) in [6.45, 7) is 0.307. The van der Waals surface area contributed by atoms with E-state index >= 15 is 0 Å². The van der Waals surface area contributed by atoms with Crippen molar-refractivity contribution in [3.8, 4) is 5.75 Å². The molecule has 22 heavy (non-hydrogen) atoms. The highest BCUT2D eigenvalue weighted by atomic mass is 16.5. The highest BCUT2D eigenvalue weighted by Gasteiger charge is 2.18. The molecule has 0 atom stereocenters. The summed E-state index contributed by atoms with van der Waals surface area (Å²) in [5.74, 6) is 1.88. The number of aromatic amines is 1. The number of hydrogen-bond acceptors (Lipinski definition) is 4. The minimum atomic E-state index is -0.0126. The van der Waals surface area contributed by atoms with Crippen molar-refractivity contribution in [3.63, 3.8) is 0 Å². The molecule has 3 rings (SSSR count). The molecular formula is C16H20N4O2. The second-order valence-corrected chi connectivity index (χ2v) is 5.53. The van der Waals surface area contributed by atoms with Gasteiger partial charge in [0.1, 0.15) is 12.4 Å². The molecule has 0 unspecified atom stereocenters. The van der Waals surface area contributed by atoms with E-state index in [9.17, 15) is 4.79 Å². The van der Waals surface area contributed by atoms with E-state index in [2.05, 4.69) is 20.5 Å². The van der Waals surface area contributed by atoms with Crippen molar-refractivity contribution >= 4 is 5.91 Å². The number of amides is 1. The summed E-state index contributed by atoms with van der Waals surface area (Å²) < 4.78 is 5.58. The minimum Gasteiger partial charge on any atom is -0.486 e. The Morgan fingerprint density at radius 2 is 2.05 bits per heavy atom. The Bertz CT molecular complexity index is 606. The fourth-order valence-corrected chi connectivity index (χ4v) is 2.64. The Morgan fingerprint density at radius 3 is 2.82 bits per heavy atom. The zero-order chi connectivity index (χ0) is 15.2. The minimum absolute atomic E-state index is 0.0126. The van der Waals surface area contributed by atoms with Gasteiger partial charge in [-0.05, 0) is 25.0 Å². The molecule has 6 heteroatoms. The Hall–Kier alpha value is -2.37. The third-order valence-corrected chi connectivity index (χ3v) is 3.74. The second kappa shape index (κ2) is 7.06. The number of benzene rings is 1. The SMILES string of the molecule is O=C(Cc1n[nH]c(COc2ccccc2)n1)NC1CCCC1. The number of hydrogen-bond donors (Lipinski definition) is 2. The Kier molecular flexibility index (Phi) is 4.68. The molecule has 1 amide bonds. The van der Waals surface area contributed by atoms with E-state index in [1.807, 2.05) is 30.3 Å². The zero-order valence-electron chi connectivity index (χ0n) is 12.4. The van der Waals surface area contributed by atoms with Crippen LogP contribution in [0.4, 0.5) is 0 Å². The second-order valence-electron chi connectivity index (χ2n) is 5.53. The van der Waals surface area contributed by atoms with Crippen LogP contribution in [0.25, 0.3) is 0 Å². The van der Waals surface area contributed by atoms with Crippen molar-refractivity contribution < 1.29 is 9.53 Å². The lowest BCUT2D eigenvalue weighted by Gasteiger charge is -2.10. The van der Waals surface area contributed by atoms with E-state index in [1.54, 1.807) is 0 Å². The van der Waals surface area contributed by atoms with E-state index in [-0.39, 0.29) is 12.3 Å². The molecule has 116 valence electrons. The molecule has 1 aliphatic carbocycles. The molecule has 0 radical (unpaired) electrons. The van der Waals surface area contributed by atoms with Gasteiger partial charge in [-0.15, -0.1) is 0 Å². The standard InChI is InChI=1S/C16H20N4O2/c21-16(17-12-6-4-5-7-12)10-14-18-15(20-19-14)11-22-13-8-2-1-3-9-13/h1-3,8-9,12H,4-7,10-11H2,(H,17,21)(H,18,19,20). The van der Waals surface area contributed by atoms with E-state index in [1.165, 1.54) is 12.8 Å². The molecule has 1 aromatic carbocycles. The smallest absolute Gasteiger partial charge is 0.227 e. The van der Waals surface area contributed by atoms with Crippen LogP contribution in [0.2, 0.25) is 0 Å².